The Bertz CT molecular complexity index is 1480. The highest BCUT2D eigenvalue weighted by atomic mass is 19.1. The van der Waals surface area contributed by atoms with Crippen LogP contribution in [0.5, 0.6) is 0 Å². The van der Waals surface area contributed by atoms with Crippen molar-refractivity contribution >= 4 is 39.8 Å². The van der Waals surface area contributed by atoms with Gasteiger partial charge in [-0.2, -0.15) is 5.10 Å². The summed E-state index contributed by atoms with van der Waals surface area (Å²) in [6.45, 7) is 7.78. The molecule has 9 heteroatoms. The molecule has 0 atom stereocenters. The number of benzene rings is 3. The molecule has 7 N–H and O–H groups in total. The molecule has 1 heterocycles. The number of allylic oxidation sites excluding steroid dienone is 1. The van der Waals surface area contributed by atoms with E-state index in [-0.39, 0.29) is 11.3 Å². The number of aryl methyl sites for hydroxylation is 1. The molecule has 0 radical (unpaired) electrons. The SMILES string of the molecule is Cc1ccc(N/C(=C\C(=N)C(C)(C)C)NC(=O)Nc2ccc(-c3ccc4c(N)n[nH]c4c3F)cc2)cc1. The zero-order valence-electron chi connectivity index (χ0n) is 21.2. The normalized spacial score (nSPS) is 11.9. The van der Waals surface area contributed by atoms with E-state index in [9.17, 15) is 9.18 Å². The van der Waals surface area contributed by atoms with Crippen LogP contribution in [0.2, 0.25) is 0 Å². The van der Waals surface area contributed by atoms with Gasteiger partial charge in [0.25, 0.3) is 0 Å². The third kappa shape index (κ3) is 5.95. The number of nitrogens with zero attached hydrogens (tertiary/aromatic N) is 1. The maximum atomic E-state index is 15.0. The van der Waals surface area contributed by atoms with E-state index in [2.05, 4.69) is 26.1 Å². The van der Waals surface area contributed by atoms with Gasteiger partial charge in [0, 0.05) is 39.5 Å². The molecule has 0 aliphatic rings. The average Bonchev–Trinajstić information content (AvgIpc) is 3.22. The molecule has 8 nitrogen and oxygen atoms in total. The van der Waals surface area contributed by atoms with E-state index < -0.39 is 17.3 Å². The van der Waals surface area contributed by atoms with Gasteiger partial charge in [0.05, 0.1) is 0 Å². The fourth-order valence-corrected chi connectivity index (χ4v) is 3.57. The molecule has 0 bridgehead atoms. The van der Waals surface area contributed by atoms with E-state index in [1.165, 1.54) is 0 Å². The molecule has 0 aliphatic carbocycles. The van der Waals surface area contributed by atoms with Crippen LogP contribution in [0.15, 0.2) is 72.6 Å². The van der Waals surface area contributed by atoms with Gasteiger partial charge in [-0.3, -0.25) is 10.4 Å². The fourth-order valence-electron chi connectivity index (χ4n) is 3.57. The Labute approximate surface area is 214 Å². The Morgan fingerprint density at radius 1 is 1.00 bits per heavy atom. The molecule has 3 aromatic carbocycles. The molecule has 0 fully saturated rings. The maximum Gasteiger partial charge on any atom is 0.324 e. The van der Waals surface area contributed by atoms with E-state index in [1.54, 1.807) is 42.5 Å². The number of carbonyl (C=O) groups excluding carboxylic acids is 1. The molecule has 2 amide bonds. The number of rotatable bonds is 6. The van der Waals surface area contributed by atoms with Crippen molar-refractivity contribution in [1.29, 1.82) is 5.41 Å². The molecule has 0 saturated heterocycles. The lowest BCUT2D eigenvalue weighted by molar-refractivity contribution is 0.254. The van der Waals surface area contributed by atoms with Crippen LogP contribution in [0.1, 0.15) is 26.3 Å². The third-order valence-corrected chi connectivity index (χ3v) is 5.84. The summed E-state index contributed by atoms with van der Waals surface area (Å²) in [7, 11) is 0. The molecule has 0 saturated carbocycles. The monoisotopic (exact) mass is 499 g/mol. The number of hydrogen-bond donors (Lipinski definition) is 6. The zero-order valence-corrected chi connectivity index (χ0v) is 21.2. The number of aromatic nitrogens is 2. The van der Waals surface area contributed by atoms with Crippen LogP contribution in [0, 0.1) is 23.6 Å². The highest BCUT2D eigenvalue weighted by molar-refractivity contribution is 5.99. The van der Waals surface area contributed by atoms with Crippen molar-refractivity contribution in [3.63, 3.8) is 0 Å². The second-order valence-corrected chi connectivity index (χ2v) is 9.83. The van der Waals surface area contributed by atoms with E-state index in [0.29, 0.717) is 33.7 Å². The van der Waals surface area contributed by atoms with E-state index in [0.717, 1.165) is 11.3 Å². The summed E-state index contributed by atoms with van der Waals surface area (Å²) < 4.78 is 15.0. The first-order valence-electron chi connectivity index (χ1n) is 11.8. The van der Waals surface area contributed by atoms with Crippen molar-refractivity contribution in [2.75, 3.05) is 16.4 Å². The van der Waals surface area contributed by atoms with Crippen LogP contribution < -0.4 is 21.7 Å². The maximum absolute atomic E-state index is 15.0. The number of carbonyl (C=O) groups is 1. The summed E-state index contributed by atoms with van der Waals surface area (Å²) in [4.78, 5) is 12.8. The summed E-state index contributed by atoms with van der Waals surface area (Å²) in [6, 6.07) is 17.4. The minimum Gasteiger partial charge on any atom is -0.382 e. The fraction of sp³-hybridized carbons (Fsp3) is 0.179. The number of aromatic amines is 1. The molecule has 0 unspecified atom stereocenters. The van der Waals surface area contributed by atoms with Crippen molar-refractivity contribution in [2.24, 2.45) is 5.41 Å². The quantitative estimate of drug-likeness (QED) is 0.171. The average molecular weight is 500 g/mol. The predicted molar refractivity (Wildman–Crippen MR) is 148 cm³/mol. The predicted octanol–water partition coefficient (Wildman–Crippen LogP) is 6.40. The topological polar surface area (TPSA) is 132 Å². The van der Waals surface area contributed by atoms with E-state index in [1.807, 2.05) is 52.0 Å². The number of fused-ring (bicyclic) bond motifs is 1. The largest absolute Gasteiger partial charge is 0.382 e. The number of H-pyrrole nitrogens is 1. The molecule has 0 spiro atoms. The smallest absolute Gasteiger partial charge is 0.324 e. The molecule has 0 aliphatic heterocycles. The molecule has 190 valence electrons. The number of amides is 2. The van der Waals surface area contributed by atoms with Crippen LogP contribution >= 0.6 is 0 Å². The van der Waals surface area contributed by atoms with Crippen LogP contribution in [-0.2, 0) is 0 Å². The van der Waals surface area contributed by atoms with Gasteiger partial charge in [0.2, 0.25) is 0 Å². The number of hydrogen-bond acceptors (Lipinski definition) is 5. The second kappa shape index (κ2) is 10.1. The summed E-state index contributed by atoms with van der Waals surface area (Å²) in [5.41, 5.74) is 9.40. The van der Waals surface area contributed by atoms with Gasteiger partial charge < -0.3 is 21.8 Å². The number of nitrogens with one attached hydrogen (secondary N) is 5. The van der Waals surface area contributed by atoms with Crippen LogP contribution in [0.4, 0.5) is 26.4 Å². The Morgan fingerprint density at radius 3 is 2.27 bits per heavy atom. The molecular weight excluding hydrogens is 469 g/mol. The van der Waals surface area contributed by atoms with E-state index >= 15 is 0 Å². The highest BCUT2D eigenvalue weighted by Gasteiger charge is 2.17. The van der Waals surface area contributed by atoms with Gasteiger partial charge in [-0.1, -0.05) is 56.7 Å². The Kier molecular flexibility index (Phi) is 6.97. The first-order chi connectivity index (χ1) is 17.5. The zero-order chi connectivity index (χ0) is 26.7. The lowest BCUT2D eigenvalue weighted by atomic mass is 9.90. The van der Waals surface area contributed by atoms with E-state index in [4.69, 9.17) is 11.1 Å². The number of halogens is 1. The summed E-state index contributed by atoms with van der Waals surface area (Å²) in [5.74, 6) is 0.166. The summed E-state index contributed by atoms with van der Waals surface area (Å²) in [6.07, 6.45) is 1.60. The van der Waals surface area contributed by atoms with Gasteiger partial charge in [-0.05, 0) is 42.8 Å². The summed E-state index contributed by atoms with van der Waals surface area (Å²) >= 11 is 0. The lowest BCUT2D eigenvalue weighted by Crippen LogP contribution is -2.32. The number of nitrogen functional groups attached to an aromatic ring is 1. The Balaban J connectivity index is 1.49. The van der Waals surface area contributed by atoms with Gasteiger partial charge in [0.15, 0.2) is 11.6 Å². The first kappa shape index (κ1) is 25.4. The first-order valence-corrected chi connectivity index (χ1v) is 11.8. The standard InChI is InChI=1S/C28H30FN7O/c1-16-5-9-18(10-6-16)32-23(15-22(30)28(2,3)4)34-27(37)33-19-11-7-17(8-12-19)20-13-14-21-25(24(20)29)35-36-26(21)31/h5-15,30,32H,1-4H3,(H3,31,35,36)(H2,33,34,37)/b23-15+,30-22?. The lowest BCUT2D eigenvalue weighted by Gasteiger charge is -2.20. The molecular formula is C28H30FN7O. The summed E-state index contributed by atoms with van der Waals surface area (Å²) in [5, 5.41) is 24.1. The number of anilines is 3. The van der Waals surface area contributed by atoms with Crippen molar-refractivity contribution in [3.05, 3.63) is 83.9 Å². The van der Waals surface area contributed by atoms with Crippen molar-refractivity contribution in [3.8, 4) is 11.1 Å². The molecule has 4 aromatic rings. The van der Waals surface area contributed by atoms with Crippen LogP contribution in [0.3, 0.4) is 0 Å². The minimum absolute atomic E-state index is 0.244. The number of urea groups is 1. The van der Waals surface area contributed by atoms with Gasteiger partial charge in [0.1, 0.15) is 11.3 Å². The van der Waals surface area contributed by atoms with Gasteiger partial charge in [-0.25, -0.2) is 9.18 Å². The Hall–Kier alpha value is -4.66. The van der Waals surface area contributed by atoms with Crippen LogP contribution in [0.25, 0.3) is 22.0 Å². The highest BCUT2D eigenvalue weighted by Crippen LogP contribution is 2.30. The third-order valence-electron chi connectivity index (χ3n) is 5.84. The van der Waals surface area contributed by atoms with Crippen molar-refractivity contribution < 1.29 is 9.18 Å². The van der Waals surface area contributed by atoms with Gasteiger partial charge in [-0.15, -0.1) is 0 Å². The minimum atomic E-state index is -0.485. The van der Waals surface area contributed by atoms with Crippen molar-refractivity contribution in [1.82, 2.24) is 15.5 Å². The van der Waals surface area contributed by atoms with Crippen LogP contribution in [-0.4, -0.2) is 21.9 Å². The molecule has 4 rings (SSSR count). The molecule has 37 heavy (non-hydrogen) atoms. The number of nitrogens with two attached hydrogens (primary N) is 1. The van der Waals surface area contributed by atoms with Crippen molar-refractivity contribution in [2.45, 2.75) is 27.7 Å². The van der Waals surface area contributed by atoms with Gasteiger partial charge >= 0.3 is 6.03 Å². The Morgan fingerprint density at radius 2 is 1.62 bits per heavy atom. The second-order valence-electron chi connectivity index (χ2n) is 9.83. The molecule has 1 aromatic heterocycles.